The fraction of sp³-hybridized carbons (Fsp3) is 0.111. The van der Waals surface area contributed by atoms with Gasteiger partial charge in [0.1, 0.15) is 5.75 Å². The van der Waals surface area contributed by atoms with Crippen molar-refractivity contribution in [3.8, 4) is 22.3 Å². The predicted molar refractivity (Wildman–Crippen MR) is 99.5 cm³/mol. The summed E-state index contributed by atoms with van der Waals surface area (Å²) < 4.78 is 22.4. The average molecular weight is 386 g/mol. The quantitative estimate of drug-likeness (QED) is 0.497. The molecule has 0 spiro atoms. The Labute approximate surface area is 158 Å². The Balaban J connectivity index is 1.90. The Morgan fingerprint density at radius 3 is 2.67 bits per heavy atom. The van der Waals surface area contributed by atoms with Gasteiger partial charge < -0.3 is 14.9 Å². The van der Waals surface area contributed by atoms with Crippen molar-refractivity contribution < 1.29 is 18.8 Å². The number of hydrogen-bond acceptors (Lipinski definition) is 7. The average Bonchev–Trinajstić information content (AvgIpc) is 3.18. The number of halogens is 1. The highest BCUT2D eigenvalue weighted by molar-refractivity contribution is 7.07. The minimum absolute atomic E-state index is 0.112. The SMILES string of the molecule is CNC(=O)/C(=N/OCF)c1ccccc1Oc1nc(-c2ccccc2)ns1. The van der Waals surface area contributed by atoms with Gasteiger partial charge in [0.15, 0.2) is 11.5 Å². The molecule has 0 saturated heterocycles. The molecule has 0 unspecified atom stereocenters. The van der Waals surface area contributed by atoms with Crippen molar-refractivity contribution in [2.75, 3.05) is 13.9 Å². The van der Waals surface area contributed by atoms with E-state index >= 15 is 0 Å². The first-order valence-electron chi connectivity index (χ1n) is 7.87. The number of nitrogens with one attached hydrogen (secondary N) is 1. The van der Waals surface area contributed by atoms with E-state index in [1.54, 1.807) is 24.3 Å². The second kappa shape index (κ2) is 8.86. The van der Waals surface area contributed by atoms with Crippen molar-refractivity contribution in [3.05, 3.63) is 60.2 Å². The third kappa shape index (κ3) is 4.45. The molecule has 27 heavy (non-hydrogen) atoms. The van der Waals surface area contributed by atoms with Crippen LogP contribution in [0.5, 0.6) is 10.9 Å². The van der Waals surface area contributed by atoms with Crippen LogP contribution >= 0.6 is 11.5 Å². The van der Waals surface area contributed by atoms with Crippen LogP contribution in [0.1, 0.15) is 5.56 Å². The molecule has 0 radical (unpaired) electrons. The first-order chi connectivity index (χ1) is 13.2. The van der Waals surface area contributed by atoms with Crippen molar-refractivity contribution >= 4 is 23.2 Å². The number of aromatic nitrogens is 2. The summed E-state index contributed by atoms with van der Waals surface area (Å²) in [7, 11) is 1.44. The van der Waals surface area contributed by atoms with Gasteiger partial charge in [-0.25, -0.2) is 4.39 Å². The van der Waals surface area contributed by atoms with Gasteiger partial charge >= 0.3 is 0 Å². The van der Waals surface area contributed by atoms with Crippen LogP contribution in [0.15, 0.2) is 59.8 Å². The number of likely N-dealkylation sites (N-methyl/N-ethyl adjacent to an activating group) is 1. The van der Waals surface area contributed by atoms with Crippen LogP contribution < -0.4 is 10.1 Å². The van der Waals surface area contributed by atoms with Gasteiger partial charge in [-0.05, 0) is 12.1 Å². The summed E-state index contributed by atoms with van der Waals surface area (Å²) in [5, 5.41) is 6.29. The summed E-state index contributed by atoms with van der Waals surface area (Å²) in [5.74, 6) is 0.314. The Hall–Kier alpha value is -3.33. The number of carbonyl (C=O) groups is 1. The first-order valence-corrected chi connectivity index (χ1v) is 8.64. The number of nitrogens with zero attached hydrogens (tertiary/aromatic N) is 3. The highest BCUT2D eigenvalue weighted by Crippen LogP contribution is 2.29. The molecular formula is C18H15FN4O3S. The molecule has 1 N–H and O–H groups in total. The molecule has 9 heteroatoms. The van der Waals surface area contributed by atoms with Crippen LogP contribution in [0.2, 0.25) is 0 Å². The van der Waals surface area contributed by atoms with Crippen LogP contribution in [0.25, 0.3) is 11.4 Å². The Kier molecular flexibility index (Phi) is 6.06. The summed E-state index contributed by atoms with van der Waals surface area (Å²) in [4.78, 5) is 20.9. The second-order valence-corrected chi connectivity index (χ2v) is 5.82. The van der Waals surface area contributed by atoms with Gasteiger partial charge in [0.25, 0.3) is 18.0 Å². The summed E-state index contributed by atoms with van der Waals surface area (Å²) in [6.45, 7) is -1.15. The van der Waals surface area contributed by atoms with Crippen molar-refractivity contribution in [1.82, 2.24) is 14.7 Å². The monoisotopic (exact) mass is 386 g/mol. The number of para-hydroxylation sites is 1. The third-order valence-corrected chi connectivity index (χ3v) is 4.02. The van der Waals surface area contributed by atoms with Gasteiger partial charge in [0, 0.05) is 24.1 Å². The summed E-state index contributed by atoms with van der Waals surface area (Å²) >= 11 is 1.08. The number of hydrogen-bond donors (Lipinski definition) is 1. The molecule has 3 rings (SSSR count). The summed E-state index contributed by atoms with van der Waals surface area (Å²) in [6.07, 6.45) is 0. The van der Waals surface area contributed by atoms with Gasteiger partial charge in [-0.3, -0.25) is 4.79 Å². The molecule has 0 saturated carbocycles. The van der Waals surface area contributed by atoms with Gasteiger partial charge in [0.05, 0.1) is 5.56 Å². The van der Waals surface area contributed by atoms with E-state index < -0.39 is 12.8 Å². The van der Waals surface area contributed by atoms with E-state index in [0.29, 0.717) is 22.3 Å². The van der Waals surface area contributed by atoms with Gasteiger partial charge in [-0.15, -0.1) is 0 Å². The van der Waals surface area contributed by atoms with E-state index in [1.807, 2.05) is 30.3 Å². The molecule has 0 aliphatic rings. The standard InChI is InChI=1S/C18H15FN4O3S/c1-20-17(24)15(22-25-11-19)13-9-5-6-10-14(13)26-18-21-16(23-27-18)12-7-3-2-4-8-12/h2-10H,11H2,1H3,(H,20,24)/b22-15+. The van der Waals surface area contributed by atoms with E-state index in [-0.39, 0.29) is 5.71 Å². The Morgan fingerprint density at radius 1 is 1.19 bits per heavy atom. The molecule has 138 valence electrons. The maximum absolute atomic E-state index is 12.3. The van der Waals surface area contributed by atoms with Gasteiger partial charge in [0.2, 0.25) is 0 Å². The van der Waals surface area contributed by atoms with E-state index in [1.165, 1.54) is 7.05 Å². The van der Waals surface area contributed by atoms with Crippen LogP contribution in [-0.2, 0) is 9.63 Å². The molecule has 1 heterocycles. The highest BCUT2D eigenvalue weighted by Gasteiger charge is 2.20. The second-order valence-electron chi connectivity index (χ2n) is 5.11. The lowest BCUT2D eigenvalue weighted by Crippen LogP contribution is -2.29. The molecule has 0 bridgehead atoms. The van der Waals surface area contributed by atoms with Crippen molar-refractivity contribution in [1.29, 1.82) is 0 Å². The number of carbonyl (C=O) groups excluding carboxylic acids is 1. The highest BCUT2D eigenvalue weighted by atomic mass is 32.1. The molecule has 0 fully saturated rings. The van der Waals surface area contributed by atoms with Crippen LogP contribution in [-0.4, -0.2) is 34.9 Å². The van der Waals surface area contributed by atoms with Gasteiger partial charge in [-0.2, -0.15) is 9.36 Å². The zero-order valence-electron chi connectivity index (χ0n) is 14.3. The topological polar surface area (TPSA) is 85.7 Å². The van der Waals surface area contributed by atoms with Gasteiger partial charge in [-0.1, -0.05) is 47.6 Å². The zero-order valence-corrected chi connectivity index (χ0v) is 15.1. The molecule has 1 amide bonds. The Bertz CT molecular complexity index is 947. The lowest BCUT2D eigenvalue weighted by molar-refractivity contribution is -0.114. The van der Waals surface area contributed by atoms with Crippen LogP contribution in [0.3, 0.4) is 0 Å². The number of benzene rings is 2. The lowest BCUT2D eigenvalue weighted by atomic mass is 10.1. The number of oxime groups is 1. The maximum atomic E-state index is 12.3. The smallest absolute Gasteiger partial charge is 0.299 e. The normalized spacial score (nSPS) is 11.1. The zero-order chi connectivity index (χ0) is 19.1. The molecular weight excluding hydrogens is 371 g/mol. The number of alkyl halides is 1. The minimum Gasteiger partial charge on any atom is -0.429 e. The number of amides is 1. The number of rotatable bonds is 7. The lowest BCUT2D eigenvalue weighted by Gasteiger charge is -2.10. The first kappa shape index (κ1) is 18.5. The van der Waals surface area contributed by atoms with Crippen molar-refractivity contribution in [2.45, 2.75) is 0 Å². The number of ether oxygens (including phenoxy) is 1. The largest absolute Gasteiger partial charge is 0.429 e. The van der Waals surface area contributed by atoms with Crippen LogP contribution in [0, 0.1) is 0 Å². The third-order valence-electron chi connectivity index (χ3n) is 3.43. The molecule has 3 aromatic rings. The molecule has 7 nitrogen and oxygen atoms in total. The van der Waals surface area contributed by atoms with E-state index in [4.69, 9.17) is 4.74 Å². The summed E-state index contributed by atoms with van der Waals surface area (Å²) in [6, 6.07) is 16.2. The Morgan fingerprint density at radius 2 is 1.93 bits per heavy atom. The van der Waals surface area contributed by atoms with E-state index in [0.717, 1.165) is 17.1 Å². The molecule has 0 atom stereocenters. The summed E-state index contributed by atoms with van der Waals surface area (Å²) in [5.41, 5.74) is 1.08. The predicted octanol–water partition coefficient (Wildman–Crippen LogP) is 3.39. The molecule has 1 aromatic heterocycles. The van der Waals surface area contributed by atoms with Crippen molar-refractivity contribution in [2.24, 2.45) is 5.16 Å². The maximum Gasteiger partial charge on any atom is 0.299 e. The molecule has 2 aromatic carbocycles. The van der Waals surface area contributed by atoms with E-state index in [9.17, 15) is 9.18 Å². The fourth-order valence-corrected chi connectivity index (χ4v) is 2.79. The van der Waals surface area contributed by atoms with E-state index in [2.05, 4.69) is 24.7 Å². The van der Waals surface area contributed by atoms with Crippen molar-refractivity contribution in [3.63, 3.8) is 0 Å². The minimum atomic E-state index is -1.15. The molecule has 0 aliphatic carbocycles. The molecule has 0 aliphatic heterocycles. The van der Waals surface area contributed by atoms with Crippen LogP contribution in [0.4, 0.5) is 4.39 Å². The fourth-order valence-electron chi connectivity index (χ4n) is 2.22.